The van der Waals surface area contributed by atoms with Crippen LogP contribution in [0, 0.1) is 11.8 Å². The Morgan fingerprint density at radius 3 is 2.88 bits per heavy atom. The van der Waals surface area contributed by atoms with Crippen molar-refractivity contribution in [1.29, 1.82) is 0 Å². The van der Waals surface area contributed by atoms with Crippen LogP contribution in [0.4, 0.5) is 0 Å². The van der Waals surface area contributed by atoms with Gasteiger partial charge in [0.05, 0.1) is 0 Å². The molecule has 0 aromatic heterocycles. The standard InChI is InChI=1S/C14H20O3/c1-9(2)12(15)17-13-7-5-10(8-13)11-4-3-6-14(11,13)16/h10-11,16H,1,3-8H2,2H3. The molecule has 4 atom stereocenters. The maximum Gasteiger partial charge on any atom is 0.333 e. The molecular formula is C14H20O3. The van der Waals surface area contributed by atoms with Gasteiger partial charge in [-0.15, -0.1) is 0 Å². The average Bonchev–Trinajstić information content (AvgIpc) is 2.87. The number of carbonyl (C=O) groups excluding carboxylic acids is 1. The molecule has 0 saturated heterocycles. The summed E-state index contributed by atoms with van der Waals surface area (Å²) in [6, 6.07) is 0. The molecule has 0 radical (unpaired) electrons. The molecule has 2 bridgehead atoms. The van der Waals surface area contributed by atoms with E-state index in [1.165, 1.54) is 0 Å². The average molecular weight is 236 g/mol. The fourth-order valence-corrected chi connectivity index (χ4v) is 4.44. The molecule has 3 rings (SSSR count). The summed E-state index contributed by atoms with van der Waals surface area (Å²) >= 11 is 0. The van der Waals surface area contributed by atoms with Crippen LogP contribution in [0.5, 0.6) is 0 Å². The van der Waals surface area contributed by atoms with Gasteiger partial charge in [0, 0.05) is 5.57 Å². The Balaban J connectivity index is 1.91. The van der Waals surface area contributed by atoms with Gasteiger partial charge >= 0.3 is 5.97 Å². The van der Waals surface area contributed by atoms with Gasteiger partial charge in [-0.3, -0.25) is 0 Å². The van der Waals surface area contributed by atoms with E-state index < -0.39 is 11.2 Å². The van der Waals surface area contributed by atoms with Crippen molar-refractivity contribution in [3.05, 3.63) is 12.2 Å². The van der Waals surface area contributed by atoms with Crippen LogP contribution in [0.15, 0.2) is 12.2 Å². The predicted octanol–water partition coefficient (Wildman–Crippen LogP) is 2.19. The zero-order chi connectivity index (χ0) is 12.3. The van der Waals surface area contributed by atoms with Gasteiger partial charge in [0.1, 0.15) is 11.2 Å². The molecule has 17 heavy (non-hydrogen) atoms. The number of hydrogen-bond donors (Lipinski definition) is 1. The molecule has 0 amide bonds. The molecule has 3 saturated carbocycles. The number of ether oxygens (including phenoxy) is 1. The van der Waals surface area contributed by atoms with Crippen molar-refractivity contribution in [2.24, 2.45) is 11.8 Å². The SMILES string of the molecule is C=C(C)C(=O)OC12CCC(C1)C1CCCC12O. The van der Waals surface area contributed by atoms with E-state index in [0.717, 1.165) is 38.5 Å². The van der Waals surface area contributed by atoms with Crippen LogP contribution in [0.25, 0.3) is 0 Å². The molecule has 0 aliphatic heterocycles. The van der Waals surface area contributed by atoms with Crippen LogP contribution in [0.1, 0.15) is 45.4 Å². The van der Waals surface area contributed by atoms with E-state index in [0.29, 0.717) is 17.4 Å². The van der Waals surface area contributed by atoms with Gasteiger partial charge in [0.2, 0.25) is 0 Å². The van der Waals surface area contributed by atoms with Crippen molar-refractivity contribution < 1.29 is 14.6 Å². The summed E-state index contributed by atoms with van der Waals surface area (Å²) in [7, 11) is 0. The third kappa shape index (κ3) is 1.29. The quantitative estimate of drug-likeness (QED) is 0.590. The number of rotatable bonds is 2. The highest BCUT2D eigenvalue weighted by Gasteiger charge is 2.70. The summed E-state index contributed by atoms with van der Waals surface area (Å²) in [5.74, 6) is 0.571. The number of esters is 1. The third-order valence-electron chi connectivity index (χ3n) is 5.19. The lowest BCUT2D eigenvalue weighted by atomic mass is 9.75. The Hall–Kier alpha value is -0.830. The fourth-order valence-electron chi connectivity index (χ4n) is 4.44. The van der Waals surface area contributed by atoms with Gasteiger partial charge in [-0.2, -0.15) is 0 Å². The van der Waals surface area contributed by atoms with Crippen LogP contribution in [0.3, 0.4) is 0 Å². The Bertz CT molecular complexity index is 389. The molecule has 3 fully saturated rings. The van der Waals surface area contributed by atoms with Crippen molar-refractivity contribution in [3.8, 4) is 0 Å². The van der Waals surface area contributed by atoms with Crippen LogP contribution in [0.2, 0.25) is 0 Å². The second-order valence-corrected chi connectivity index (χ2v) is 6.09. The zero-order valence-electron chi connectivity index (χ0n) is 10.4. The number of hydrogen-bond acceptors (Lipinski definition) is 3. The summed E-state index contributed by atoms with van der Waals surface area (Å²) in [6.07, 6.45) is 5.71. The van der Waals surface area contributed by atoms with E-state index in [1.54, 1.807) is 6.92 Å². The minimum absolute atomic E-state index is 0.341. The lowest BCUT2D eigenvalue weighted by Crippen LogP contribution is -2.54. The van der Waals surface area contributed by atoms with Crippen molar-refractivity contribution in [2.45, 2.75) is 56.7 Å². The first-order valence-corrected chi connectivity index (χ1v) is 6.60. The predicted molar refractivity (Wildman–Crippen MR) is 63.3 cm³/mol. The maximum absolute atomic E-state index is 11.8. The Labute approximate surface area is 102 Å². The summed E-state index contributed by atoms with van der Waals surface area (Å²) in [5, 5.41) is 10.9. The van der Waals surface area contributed by atoms with Crippen LogP contribution >= 0.6 is 0 Å². The monoisotopic (exact) mass is 236 g/mol. The molecule has 3 heteroatoms. The Morgan fingerprint density at radius 2 is 2.18 bits per heavy atom. The molecule has 3 aliphatic carbocycles. The first-order valence-electron chi connectivity index (χ1n) is 6.60. The number of aliphatic hydroxyl groups is 1. The molecule has 0 aromatic carbocycles. The summed E-state index contributed by atoms with van der Waals surface area (Å²) in [4.78, 5) is 11.8. The van der Waals surface area contributed by atoms with E-state index in [2.05, 4.69) is 6.58 Å². The second-order valence-electron chi connectivity index (χ2n) is 6.09. The Kier molecular flexibility index (Phi) is 2.22. The second kappa shape index (κ2) is 3.35. The van der Waals surface area contributed by atoms with Gasteiger partial charge in [-0.05, 0) is 50.9 Å². The van der Waals surface area contributed by atoms with E-state index in [9.17, 15) is 9.90 Å². The highest BCUT2D eigenvalue weighted by molar-refractivity contribution is 5.87. The first-order chi connectivity index (χ1) is 7.98. The molecular weight excluding hydrogens is 216 g/mol. The van der Waals surface area contributed by atoms with E-state index >= 15 is 0 Å². The molecule has 0 aromatic rings. The molecule has 0 spiro atoms. The fraction of sp³-hybridized carbons (Fsp3) is 0.786. The van der Waals surface area contributed by atoms with E-state index in [-0.39, 0.29) is 5.97 Å². The van der Waals surface area contributed by atoms with Crippen LogP contribution in [-0.2, 0) is 9.53 Å². The van der Waals surface area contributed by atoms with Crippen LogP contribution < -0.4 is 0 Å². The van der Waals surface area contributed by atoms with Gasteiger partial charge in [-0.1, -0.05) is 13.0 Å². The highest BCUT2D eigenvalue weighted by Crippen LogP contribution is 2.64. The lowest BCUT2D eigenvalue weighted by molar-refractivity contribution is -0.192. The molecule has 4 unspecified atom stereocenters. The molecule has 3 aliphatic rings. The summed E-state index contributed by atoms with van der Waals surface area (Å²) in [5.41, 5.74) is -0.927. The minimum Gasteiger partial charge on any atom is -0.453 e. The lowest BCUT2D eigenvalue weighted by Gasteiger charge is -2.43. The smallest absolute Gasteiger partial charge is 0.333 e. The van der Waals surface area contributed by atoms with Gasteiger partial charge in [-0.25, -0.2) is 4.79 Å². The van der Waals surface area contributed by atoms with Gasteiger partial charge in [0.25, 0.3) is 0 Å². The highest BCUT2D eigenvalue weighted by atomic mass is 16.6. The van der Waals surface area contributed by atoms with Crippen LogP contribution in [-0.4, -0.2) is 22.3 Å². The number of carbonyl (C=O) groups is 1. The topological polar surface area (TPSA) is 46.5 Å². The molecule has 0 heterocycles. The molecule has 1 N–H and O–H groups in total. The maximum atomic E-state index is 11.8. The van der Waals surface area contributed by atoms with Crippen molar-refractivity contribution in [3.63, 3.8) is 0 Å². The summed E-state index contributed by atoms with van der Waals surface area (Å²) in [6.45, 7) is 5.29. The van der Waals surface area contributed by atoms with Gasteiger partial charge in [0.15, 0.2) is 0 Å². The van der Waals surface area contributed by atoms with E-state index in [1.807, 2.05) is 0 Å². The number of fused-ring (bicyclic) bond motifs is 5. The normalized spacial score (nSPS) is 46.9. The van der Waals surface area contributed by atoms with Crippen molar-refractivity contribution in [2.75, 3.05) is 0 Å². The first kappa shape index (κ1) is 11.3. The Morgan fingerprint density at radius 1 is 1.41 bits per heavy atom. The van der Waals surface area contributed by atoms with Crippen molar-refractivity contribution >= 4 is 5.97 Å². The minimum atomic E-state index is -0.749. The molecule has 3 nitrogen and oxygen atoms in total. The van der Waals surface area contributed by atoms with Gasteiger partial charge < -0.3 is 9.84 Å². The zero-order valence-corrected chi connectivity index (χ0v) is 10.4. The van der Waals surface area contributed by atoms with Crippen molar-refractivity contribution in [1.82, 2.24) is 0 Å². The summed E-state index contributed by atoms with van der Waals surface area (Å²) < 4.78 is 5.68. The largest absolute Gasteiger partial charge is 0.453 e. The van der Waals surface area contributed by atoms with E-state index in [4.69, 9.17) is 4.74 Å². The molecule has 94 valence electrons. The third-order valence-corrected chi connectivity index (χ3v) is 5.19.